The van der Waals surface area contributed by atoms with E-state index in [2.05, 4.69) is 24.0 Å². The molecule has 0 bridgehead atoms. The Morgan fingerprint density at radius 1 is 1.29 bits per heavy atom. The van der Waals surface area contributed by atoms with Crippen molar-refractivity contribution in [1.82, 2.24) is 19.6 Å². The predicted molar refractivity (Wildman–Crippen MR) is 115 cm³/mol. The quantitative estimate of drug-likeness (QED) is 0.209. The third-order valence-corrected chi connectivity index (χ3v) is 5.93. The van der Waals surface area contributed by atoms with Crippen LogP contribution in [-0.2, 0) is 19.6 Å². The Bertz CT molecular complexity index is 1300. The Labute approximate surface area is 197 Å². The van der Waals surface area contributed by atoms with E-state index in [-0.39, 0.29) is 5.56 Å². The van der Waals surface area contributed by atoms with Crippen molar-refractivity contribution in [2.75, 3.05) is 18.1 Å². The van der Waals surface area contributed by atoms with Gasteiger partial charge in [-0.3, -0.25) is 4.79 Å². The van der Waals surface area contributed by atoms with Crippen molar-refractivity contribution < 1.29 is 39.7 Å². The highest BCUT2D eigenvalue weighted by molar-refractivity contribution is 7.87. The third-order valence-electron chi connectivity index (χ3n) is 4.99. The van der Waals surface area contributed by atoms with Crippen molar-refractivity contribution in [3.63, 3.8) is 0 Å². The van der Waals surface area contributed by atoms with Crippen LogP contribution in [0.15, 0.2) is 30.7 Å². The van der Waals surface area contributed by atoms with E-state index in [0.29, 0.717) is 50.1 Å². The first kappa shape index (κ1) is 26.1. The summed E-state index contributed by atoms with van der Waals surface area (Å²) in [5, 5.41) is 4.13. The zero-order chi connectivity index (χ0) is 25.8. The number of hydrogen-bond donors (Lipinski definition) is 0. The minimum atomic E-state index is -5.96. The number of fused-ring (bicyclic) bond motifs is 1. The van der Waals surface area contributed by atoms with Gasteiger partial charge in [-0.2, -0.15) is 26.7 Å². The number of nitrogens with zero attached hydrogens (tertiary/aromatic N) is 5. The maximum Gasteiger partial charge on any atom is 0.534 e. The molecule has 0 N–H and O–H groups in total. The minimum absolute atomic E-state index is 0.104. The average molecular weight is 519 g/mol. The van der Waals surface area contributed by atoms with Gasteiger partial charge in [0.2, 0.25) is 5.88 Å². The maximum absolute atomic E-state index is 13.9. The van der Waals surface area contributed by atoms with Crippen LogP contribution in [0.3, 0.4) is 0 Å². The van der Waals surface area contributed by atoms with Crippen LogP contribution in [0.2, 0.25) is 0 Å². The first-order chi connectivity index (χ1) is 16.5. The second-order valence-electron chi connectivity index (χ2n) is 7.32. The van der Waals surface area contributed by atoms with Crippen molar-refractivity contribution in [3.05, 3.63) is 47.7 Å². The van der Waals surface area contributed by atoms with Gasteiger partial charge in [0.05, 0.1) is 25.0 Å². The molecule has 1 fully saturated rings. The molecule has 10 nitrogen and oxygen atoms in total. The molecule has 3 aromatic rings. The van der Waals surface area contributed by atoms with E-state index in [1.54, 1.807) is 34.8 Å². The maximum atomic E-state index is 13.9. The molecule has 1 aliphatic rings. The minimum Gasteiger partial charge on any atom is -0.468 e. The lowest BCUT2D eigenvalue weighted by atomic mass is 10.1. The van der Waals surface area contributed by atoms with Gasteiger partial charge in [-0.25, -0.2) is 18.9 Å². The molecule has 0 radical (unpaired) electrons. The highest BCUT2D eigenvalue weighted by atomic mass is 32.2. The van der Waals surface area contributed by atoms with Crippen LogP contribution in [-0.4, -0.2) is 53.1 Å². The van der Waals surface area contributed by atoms with E-state index >= 15 is 0 Å². The fraction of sp³-hybridized carbons (Fsp3) is 0.400. The smallest absolute Gasteiger partial charge is 0.468 e. The van der Waals surface area contributed by atoms with Crippen molar-refractivity contribution in [2.45, 2.75) is 38.2 Å². The number of carbonyl (C=O) groups excluding carboxylic acids is 1. The van der Waals surface area contributed by atoms with Gasteiger partial charge in [-0.1, -0.05) is 0 Å². The van der Waals surface area contributed by atoms with Crippen LogP contribution in [0.1, 0.15) is 36.9 Å². The number of pyridine rings is 1. The third kappa shape index (κ3) is 5.78. The summed E-state index contributed by atoms with van der Waals surface area (Å²) in [6.07, 6.45) is 4.95. The predicted octanol–water partition coefficient (Wildman–Crippen LogP) is 3.32. The first-order valence-electron chi connectivity index (χ1n) is 10.3. The summed E-state index contributed by atoms with van der Waals surface area (Å²) in [4.78, 5) is 18.9. The second-order valence-corrected chi connectivity index (χ2v) is 8.85. The van der Waals surface area contributed by atoms with Crippen molar-refractivity contribution in [3.8, 4) is 5.88 Å². The van der Waals surface area contributed by atoms with Gasteiger partial charge >= 0.3 is 15.6 Å². The Kier molecular flexibility index (Phi) is 7.77. The lowest BCUT2D eigenvalue weighted by Crippen LogP contribution is -2.30. The van der Waals surface area contributed by atoms with E-state index in [1.165, 1.54) is 0 Å². The summed E-state index contributed by atoms with van der Waals surface area (Å²) in [5.41, 5.74) is -4.33. The summed E-state index contributed by atoms with van der Waals surface area (Å²) >= 11 is 0. The van der Waals surface area contributed by atoms with Crippen LogP contribution in [0.5, 0.6) is 5.88 Å². The lowest BCUT2D eigenvalue weighted by Gasteiger charge is -2.27. The van der Waals surface area contributed by atoms with Crippen LogP contribution in [0.4, 0.5) is 23.4 Å². The number of alkyl halides is 3. The molecule has 4 rings (SSSR count). The van der Waals surface area contributed by atoms with Crippen LogP contribution < -0.4 is 9.08 Å². The van der Waals surface area contributed by atoms with Gasteiger partial charge in [0, 0.05) is 23.9 Å². The number of hydrogen-bond acceptors (Lipinski definition) is 9. The molecule has 4 heterocycles. The Balaban J connectivity index is 0.000000623. The molecule has 35 heavy (non-hydrogen) atoms. The highest BCUT2D eigenvalue weighted by Crippen LogP contribution is 2.40. The number of aromatic nitrogens is 4. The van der Waals surface area contributed by atoms with Gasteiger partial charge in [-0.05, 0) is 38.8 Å². The number of anilines is 1. The number of ether oxygens (including phenoxy) is 1. The SMILES string of the molecule is CCOC=O.Cc1cnn2ccc(N3CCCC3c3cc(F)cnc3OS(=O)(=O)C(F)(F)F)nc12. The summed E-state index contributed by atoms with van der Waals surface area (Å²) in [6, 6.07) is 1.92. The number of carbonyl (C=O) groups is 1. The fourth-order valence-electron chi connectivity index (χ4n) is 3.47. The summed E-state index contributed by atoms with van der Waals surface area (Å²) in [7, 11) is -5.96. The zero-order valence-corrected chi connectivity index (χ0v) is 19.4. The van der Waals surface area contributed by atoms with E-state index in [4.69, 9.17) is 0 Å². The number of halogens is 4. The van der Waals surface area contributed by atoms with E-state index < -0.39 is 33.4 Å². The first-order valence-corrected chi connectivity index (χ1v) is 11.7. The molecule has 1 unspecified atom stereocenters. The molecule has 190 valence electrons. The summed E-state index contributed by atoms with van der Waals surface area (Å²) in [6.45, 7) is 4.96. The van der Waals surface area contributed by atoms with Gasteiger partial charge in [0.15, 0.2) is 5.65 Å². The number of rotatable bonds is 6. The highest BCUT2D eigenvalue weighted by Gasteiger charge is 2.49. The summed E-state index contributed by atoms with van der Waals surface area (Å²) < 4.78 is 85.0. The average Bonchev–Trinajstić information content (AvgIpc) is 3.42. The molecule has 1 atom stereocenters. The molecule has 1 aliphatic heterocycles. The zero-order valence-electron chi connectivity index (χ0n) is 18.6. The number of aryl methyl sites for hydroxylation is 1. The van der Waals surface area contributed by atoms with Crippen LogP contribution >= 0.6 is 0 Å². The topological polar surface area (TPSA) is 116 Å². The monoisotopic (exact) mass is 519 g/mol. The van der Waals surface area contributed by atoms with Crippen LogP contribution in [0, 0.1) is 12.7 Å². The molecule has 0 amide bonds. The van der Waals surface area contributed by atoms with E-state index in [9.17, 15) is 30.8 Å². The van der Waals surface area contributed by atoms with E-state index in [0.717, 1.165) is 11.6 Å². The van der Waals surface area contributed by atoms with Crippen LogP contribution in [0.25, 0.3) is 5.65 Å². The normalized spacial score (nSPS) is 16.1. The standard InChI is InChI=1S/C17H15F4N5O3S.C3H6O2/c1-10-8-23-26-6-4-14(24-15(10)26)25-5-2-3-13(25)12-7-11(18)9-22-16(12)29-30(27,28)17(19,20)21;1-2-5-3-4/h4,6-9,13H,2-3,5H2,1H3;3H,2H2,1H3. The Morgan fingerprint density at radius 3 is 2.66 bits per heavy atom. The van der Waals surface area contributed by atoms with Gasteiger partial charge in [-0.15, -0.1) is 0 Å². The second kappa shape index (κ2) is 10.4. The van der Waals surface area contributed by atoms with Gasteiger partial charge < -0.3 is 13.8 Å². The molecular formula is C20H21F4N5O5S. The molecule has 0 aliphatic carbocycles. The molecule has 0 spiro atoms. The molecule has 1 saturated heterocycles. The van der Waals surface area contributed by atoms with Crippen molar-refractivity contribution in [2.24, 2.45) is 0 Å². The molecule has 0 saturated carbocycles. The molecule has 0 aromatic carbocycles. The molecular weight excluding hydrogens is 498 g/mol. The van der Waals surface area contributed by atoms with Crippen molar-refractivity contribution >= 4 is 28.1 Å². The Morgan fingerprint density at radius 2 is 2.03 bits per heavy atom. The summed E-state index contributed by atoms with van der Waals surface area (Å²) in [5.74, 6) is -1.15. The van der Waals surface area contributed by atoms with Gasteiger partial charge in [0.1, 0.15) is 11.6 Å². The van der Waals surface area contributed by atoms with Crippen molar-refractivity contribution in [1.29, 1.82) is 0 Å². The van der Waals surface area contributed by atoms with Gasteiger partial charge in [0.25, 0.3) is 6.47 Å². The fourth-order valence-corrected chi connectivity index (χ4v) is 3.91. The molecule has 3 aromatic heterocycles. The van der Waals surface area contributed by atoms with E-state index in [1.807, 2.05) is 6.92 Å². The molecule has 15 heteroatoms. The largest absolute Gasteiger partial charge is 0.534 e. The Hall–Kier alpha value is -3.49. The lowest BCUT2D eigenvalue weighted by molar-refractivity contribution is -0.128.